The van der Waals surface area contributed by atoms with E-state index in [-0.39, 0.29) is 45.0 Å². The normalized spacial score (nSPS) is 23.6. The summed E-state index contributed by atoms with van der Waals surface area (Å²) in [6.07, 6.45) is 3.68. The van der Waals surface area contributed by atoms with E-state index >= 15 is 0 Å². The first kappa shape index (κ1) is 27.9. The van der Waals surface area contributed by atoms with Crippen molar-refractivity contribution < 1.29 is 31.2 Å². The van der Waals surface area contributed by atoms with E-state index in [4.69, 9.17) is 11.6 Å². The van der Waals surface area contributed by atoms with Crippen LogP contribution in [-0.2, 0) is 9.84 Å². The van der Waals surface area contributed by atoms with Crippen LogP contribution in [-0.4, -0.2) is 36.6 Å². The van der Waals surface area contributed by atoms with Crippen molar-refractivity contribution in [1.29, 1.82) is 0 Å². The van der Waals surface area contributed by atoms with Gasteiger partial charge in [0.05, 0.1) is 27.1 Å². The van der Waals surface area contributed by atoms with Crippen molar-refractivity contribution >= 4 is 44.8 Å². The van der Waals surface area contributed by atoms with Gasteiger partial charge in [0.2, 0.25) is 0 Å². The van der Waals surface area contributed by atoms with Crippen LogP contribution >= 0.6 is 11.6 Å². The number of sulfone groups is 1. The highest BCUT2D eigenvalue weighted by molar-refractivity contribution is 7.92. The van der Waals surface area contributed by atoms with Crippen LogP contribution in [0.4, 0.5) is 29.3 Å². The Kier molecular flexibility index (Phi) is 7.49. The summed E-state index contributed by atoms with van der Waals surface area (Å²) in [5.74, 6) is -5.45. The summed E-state index contributed by atoms with van der Waals surface area (Å²) in [7, 11) is -3.99. The molecule has 6 rings (SSSR count). The van der Waals surface area contributed by atoms with Crippen LogP contribution in [0, 0.1) is 35.2 Å². The van der Waals surface area contributed by atoms with Gasteiger partial charge in [-0.15, -0.1) is 0 Å². The second kappa shape index (κ2) is 10.7. The fraction of sp³-hybridized carbons (Fsp3) is 0.296. The Bertz CT molecular complexity index is 1550. The van der Waals surface area contributed by atoms with Gasteiger partial charge in [0.15, 0.2) is 27.3 Å². The lowest BCUT2D eigenvalue weighted by molar-refractivity contribution is -0.0148. The van der Waals surface area contributed by atoms with E-state index in [0.717, 1.165) is 6.07 Å². The molecule has 3 aliphatic rings. The van der Waals surface area contributed by atoms with Gasteiger partial charge in [-0.1, -0.05) is 18.5 Å². The number of nitrogens with zero attached hydrogens (tertiary/aromatic N) is 1. The van der Waals surface area contributed by atoms with Gasteiger partial charge in [-0.05, 0) is 60.9 Å². The summed E-state index contributed by atoms with van der Waals surface area (Å²) in [6.45, 7) is 2.02. The van der Waals surface area contributed by atoms with Gasteiger partial charge in [0, 0.05) is 35.6 Å². The SMILES string of the molecule is C[C@H]1C2CC(S(=O)(=O)c3cc(C(=O)Nc4cc(F)c(F)c(F)c4)ccc3Cl)CC1[C@@H]2NC(=O)Nc1cccnc1. The van der Waals surface area contributed by atoms with Crippen LogP contribution < -0.4 is 16.0 Å². The molecule has 13 heteroatoms. The van der Waals surface area contributed by atoms with Gasteiger partial charge in [0.1, 0.15) is 0 Å². The molecular weight excluding hydrogens is 569 g/mol. The van der Waals surface area contributed by atoms with Gasteiger partial charge < -0.3 is 16.0 Å². The molecule has 0 radical (unpaired) electrons. The van der Waals surface area contributed by atoms with Gasteiger partial charge in [0.25, 0.3) is 5.91 Å². The maximum atomic E-state index is 13.6. The van der Waals surface area contributed by atoms with E-state index in [1.54, 1.807) is 18.3 Å². The van der Waals surface area contributed by atoms with E-state index in [9.17, 15) is 31.2 Å². The first-order chi connectivity index (χ1) is 19.0. The molecule has 2 bridgehead atoms. The minimum absolute atomic E-state index is 0.0757. The summed E-state index contributed by atoms with van der Waals surface area (Å²) in [4.78, 5) is 28.9. The molecule has 3 fully saturated rings. The summed E-state index contributed by atoms with van der Waals surface area (Å²) in [6, 6.07) is 7.67. The molecule has 2 atom stereocenters. The van der Waals surface area contributed by atoms with Crippen molar-refractivity contribution in [3.8, 4) is 0 Å². The van der Waals surface area contributed by atoms with Crippen LogP contribution in [0.2, 0.25) is 5.02 Å². The van der Waals surface area contributed by atoms with Crippen molar-refractivity contribution in [3.05, 3.63) is 82.9 Å². The molecule has 3 aliphatic carbocycles. The highest BCUT2D eigenvalue weighted by Crippen LogP contribution is 2.53. The molecular formula is C27H24ClF3N4O4S. The number of nitrogens with one attached hydrogen (secondary N) is 3. The van der Waals surface area contributed by atoms with E-state index in [1.807, 2.05) is 6.92 Å². The fourth-order valence-electron chi connectivity index (χ4n) is 5.67. The standard InChI is InChI=1S/C27H24ClF3N4O4S/c1-13-18-10-17(11-19(13)25(18)35-27(37)34-15-3-2-6-32-12-15)40(38,39)23-7-14(4-5-20(23)28)26(36)33-16-8-21(29)24(31)22(30)9-16/h2-9,12-13,17-19,25H,10-11H2,1H3,(H,33,36)(H2,34,35,37)/t13-,17?,18?,19?,25+. The third-order valence-corrected chi connectivity index (χ3v) is 10.4. The van der Waals surface area contributed by atoms with Crippen molar-refractivity contribution in [2.45, 2.75) is 36.0 Å². The molecule has 3 N–H and O–H groups in total. The van der Waals surface area contributed by atoms with Gasteiger partial charge in [-0.2, -0.15) is 0 Å². The fourth-order valence-corrected chi connectivity index (χ4v) is 8.05. The number of aromatic nitrogens is 1. The van der Waals surface area contributed by atoms with E-state index < -0.39 is 44.5 Å². The van der Waals surface area contributed by atoms with Gasteiger partial charge in [-0.25, -0.2) is 26.4 Å². The van der Waals surface area contributed by atoms with E-state index in [1.165, 1.54) is 18.3 Å². The molecule has 0 spiro atoms. The smallest absolute Gasteiger partial charge is 0.319 e. The third-order valence-electron chi connectivity index (χ3n) is 7.74. The maximum Gasteiger partial charge on any atom is 0.319 e. The number of benzene rings is 2. The molecule has 1 heterocycles. The summed E-state index contributed by atoms with van der Waals surface area (Å²) >= 11 is 6.25. The lowest BCUT2D eigenvalue weighted by Crippen LogP contribution is -2.64. The summed E-state index contributed by atoms with van der Waals surface area (Å²) < 4.78 is 67.6. The third kappa shape index (κ3) is 5.25. The molecule has 2 unspecified atom stereocenters. The number of urea groups is 1. The Hall–Kier alpha value is -3.64. The largest absolute Gasteiger partial charge is 0.335 e. The summed E-state index contributed by atoms with van der Waals surface area (Å²) in [5, 5.41) is 7.04. The number of hydrogen-bond acceptors (Lipinski definition) is 5. The Labute approximate surface area is 233 Å². The minimum Gasteiger partial charge on any atom is -0.335 e. The number of anilines is 2. The zero-order valence-corrected chi connectivity index (χ0v) is 22.6. The van der Waals surface area contributed by atoms with Crippen molar-refractivity contribution in [2.24, 2.45) is 17.8 Å². The van der Waals surface area contributed by atoms with Gasteiger partial charge >= 0.3 is 6.03 Å². The second-order valence-electron chi connectivity index (χ2n) is 10.0. The van der Waals surface area contributed by atoms with Crippen LogP contribution in [0.1, 0.15) is 30.1 Å². The number of carbonyl (C=O) groups excluding carboxylic acids is 2. The average molecular weight is 593 g/mol. The molecule has 1 aromatic heterocycles. The zero-order chi connectivity index (χ0) is 28.8. The first-order valence-electron chi connectivity index (χ1n) is 12.4. The second-order valence-corrected chi connectivity index (χ2v) is 12.6. The average Bonchev–Trinajstić information content (AvgIpc) is 2.92. The minimum atomic E-state index is -3.99. The number of halogens is 4. The number of fused-ring (bicyclic) bond motifs is 2. The van der Waals surface area contributed by atoms with Crippen LogP contribution in [0.5, 0.6) is 0 Å². The lowest BCUT2D eigenvalue weighted by atomic mass is 9.54. The van der Waals surface area contributed by atoms with Crippen molar-refractivity contribution in [1.82, 2.24) is 10.3 Å². The Balaban J connectivity index is 1.29. The van der Waals surface area contributed by atoms with Crippen molar-refractivity contribution in [2.75, 3.05) is 10.6 Å². The molecule has 3 saturated carbocycles. The Morgan fingerprint density at radius 1 is 0.975 bits per heavy atom. The quantitative estimate of drug-likeness (QED) is 0.331. The molecule has 0 aliphatic heterocycles. The molecule has 40 heavy (non-hydrogen) atoms. The molecule has 2 aromatic carbocycles. The predicted octanol–water partition coefficient (Wildman–Crippen LogP) is 5.41. The Morgan fingerprint density at radius 3 is 2.27 bits per heavy atom. The van der Waals surface area contributed by atoms with E-state index in [0.29, 0.717) is 30.7 Å². The number of rotatable bonds is 6. The first-order valence-corrected chi connectivity index (χ1v) is 14.3. The van der Waals surface area contributed by atoms with Crippen LogP contribution in [0.25, 0.3) is 0 Å². The Morgan fingerprint density at radius 2 is 1.65 bits per heavy atom. The number of pyridine rings is 1. The highest BCUT2D eigenvalue weighted by atomic mass is 35.5. The van der Waals surface area contributed by atoms with Crippen LogP contribution in [0.15, 0.2) is 59.8 Å². The van der Waals surface area contributed by atoms with Crippen LogP contribution in [0.3, 0.4) is 0 Å². The molecule has 210 valence electrons. The predicted molar refractivity (Wildman–Crippen MR) is 142 cm³/mol. The number of hydrogen-bond donors (Lipinski definition) is 3. The topological polar surface area (TPSA) is 117 Å². The molecule has 8 nitrogen and oxygen atoms in total. The number of carbonyl (C=O) groups is 2. The monoisotopic (exact) mass is 592 g/mol. The van der Waals surface area contributed by atoms with Gasteiger partial charge in [-0.3, -0.25) is 9.78 Å². The highest BCUT2D eigenvalue weighted by Gasteiger charge is 2.56. The molecule has 3 aromatic rings. The van der Waals surface area contributed by atoms with E-state index in [2.05, 4.69) is 20.9 Å². The summed E-state index contributed by atoms with van der Waals surface area (Å²) in [5.41, 5.74) is 0.0773. The van der Waals surface area contributed by atoms with Crippen molar-refractivity contribution in [3.63, 3.8) is 0 Å². The molecule has 3 amide bonds. The number of amides is 3. The maximum absolute atomic E-state index is 13.6. The lowest BCUT2D eigenvalue weighted by Gasteiger charge is -2.57. The zero-order valence-electron chi connectivity index (χ0n) is 21.0. The molecule has 0 saturated heterocycles.